The molecule has 0 aliphatic rings. The molecule has 6 rings (SSSR count). The quantitative estimate of drug-likeness (QED) is 0.168. The first-order valence-electron chi connectivity index (χ1n) is 12.8. The number of fused-ring (bicyclic) bond motifs is 3. The fourth-order valence-corrected chi connectivity index (χ4v) is 5.62. The molecule has 202 valence electrons. The van der Waals surface area contributed by atoms with Crippen molar-refractivity contribution in [1.82, 2.24) is 9.13 Å². The second-order valence-corrected chi connectivity index (χ2v) is 9.73. The number of carbonyl (C=O) groups is 2. The predicted octanol–water partition coefficient (Wildman–Crippen LogP) is 6.78. The average Bonchev–Trinajstić information content (AvgIpc) is 3.49. The number of aromatic carboxylic acids is 2. The minimum atomic E-state index is -1.23. The Morgan fingerprint density at radius 2 is 1.41 bits per heavy atom. The van der Waals surface area contributed by atoms with Crippen LogP contribution < -0.4 is 0 Å². The molecule has 9 heteroatoms. The first-order chi connectivity index (χ1) is 19.8. The molecule has 0 amide bonds. The summed E-state index contributed by atoms with van der Waals surface area (Å²) in [4.78, 5) is 35.8. The van der Waals surface area contributed by atoms with E-state index in [0.717, 1.165) is 27.9 Å². The summed E-state index contributed by atoms with van der Waals surface area (Å²) in [5.41, 5.74) is 3.90. The van der Waals surface area contributed by atoms with Crippen LogP contribution in [0.5, 0.6) is 0 Å². The summed E-state index contributed by atoms with van der Waals surface area (Å²) in [5, 5.41) is 33.8. The van der Waals surface area contributed by atoms with Crippen LogP contribution in [0.15, 0.2) is 97.1 Å². The van der Waals surface area contributed by atoms with Gasteiger partial charge in [0.2, 0.25) is 0 Å². The van der Waals surface area contributed by atoms with Crippen molar-refractivity contribution in [2.24, 2.45) is 0 Å². The van der Waals surface area contributed by atoms with Crippen LogP contribution in [0, 0.1) is 17.0 Å². The van der Waals surface area contributed by atoms with Crippen molar-refractivity contribution in [3.05, 3.63) is 135 Å². The number of aromatic nitrogens is 2. The van der Waals surface area contributed by atoms with Gasteiger partial charge in [0.05, 0.1) is 38.5 Å². The van der Waals surface area contributed by atoms with Crippen molar-refractivity contribution in [1.29, 1.82) is 0 Å². The molecule has 0 unspecified atom stereocenters. The molecule has 4 aromatic carbocycles. The highest BCUT2D eigenvalue weighted by Crippen LogP contribution is 2.35. The third kappa shape index (κ3) is 4.20. The van der Waals surface area contributed by atoms with Gasteiger partial charge in [-0.05, 0) is 48.9 Å². The van der Waals surface area contributed by atoms with Gasteiger partial charge in [-0.15, -0.1) is 0 Å². The summed E-state index contributed by atoms with van der Waals surface area (Å²) in [5.74, 6) is -2.33. The molecule has 0 fully saturated rings. The Morgan fingerprint density at radius 1 is 0.756 bits per heavy atom. The average molecular weight is 546 g/mol. The van der Waals surface area contributed by atoms with Crippen LogP contribution in [0.4, 0.5) is 5.69 Å². The van der Waals surface area contributed by atoms with Crippen LogP contribution in [0.1, 0.15) is 37.7 Å². The Bertz CT molecular complexity index is 1980. The molecular weight excluding hydrogens is 522 g/mol. The lowest BCUT2D eigenvalue weighted by atomic mass is 10.00. The van der Waals surface area contributed by atoms with Crippen molar-refractivity contribution in [2.75, 3.05) is 0 Å². The van der Waals surface area contributed by atoms with Gasteiger partial charge in [0.25, 0.3) is 5.69 Å². The SMILES string of the molecule is Cc1ccc(Cc2cccc(-n3c4ccccc4c4ccccc43)c2C(=O)O)n1-c1cc([N+](=O)[O-])ccc1C(=O)O. The predicted molar refractivity (Wildman–Crippen MR) is 155 cm³/mol. The van der Waals surface area contributed by atoms with E-state index in [1.54, 1.807) is 41.8 Å². The molecule has 2 aromatic heterocycles. The first kappa shape index (κ1) is 25.6. The number of nitro benzene ring substituents is 1. The number of aryl methyl sites for hydroxylation is 1. The molecule has 0 aliphatic carbocycles. The molecule has 0 bridgehead atoms. The van der Waals surface area contributed by atoms with E-state index in [1.165, 1.54) is 12.1 Å². The highest BCUT2D eigenvalue weighted by molar-refractivity contribution is 6.10. The van der Waals surface area contributed by atoms with E-state index < -0.39 is 16.9 Å². The summed E-state index contributed by atoms with van der Waals surface area (Å²) < 4.78 is 3.58. The fraction of sp³-hybridized carbons (Fsp3) is 0.0625. The van der Waals surface area contributed by atoms with Gasteiger partial charge in [0.1, 0.15) is 0 Å². The second-order valence-electron chi connectivity index (χ2n) is 9.73. The number of hydrogen-bond donors (Lipinski definition) is 2. The van der Waals surface area contributed by atoms with Crippen LogP contribution in [0.25, 0.3) is 33.2 Å². The highest BCUT2D eigenvalue weighted by Gasteiger charge is 2.24. The minimum absolute atomic E-state index is 0.103. The highest BCUT2D eigenvalue weighted by atomic mass is 16.6. The molecule has 41 heavy (non-hydrogen) atoms. The summed E-state index contributed by atoms with van der Waals surface area (Å²) in [6.07, 6.45) is 0.141. The van der Waals surface area contributed by atoms with Gasteiger partial charge in [-0.1, -0.05) is 48.5 Å². The summed E-state index contributed by atoms with van der Waals surface area (Å²) in [6, 6.07) is 28.1. The van der Waals surface area contributed by atoms with E-state index >= 15 is 0 Å². The van der Waals surface area contributed by atoms with E-state index in [0.29, 0.717) is 22.6 Å². The van der Waals surface area contributed by atoms with Gasteiger partial charge < -0.3 is 19.3 Å². The largest absolute Gasteiger partial charge is 0.478 e. The lowest BCUT2D eigenvalue weighted by Gasteiger charge is -2.17. The minimum Gasteiger partial charge on any atom is -0.478 e. The van der Waals surface area contributed by atoms with Crippen LogP contribution in [0.2, 0.25) is 0 Å². The zero-order valence-electron chi connectivity index (χ0n) is 21.8. The maximum absolute atomic E-state index is 12.9. The van der Waals surface area contributed by atoms with Crippen molar-refractivity contribution in [3.63, 3.8) is 0 Å². The van der Waals surface area contributed by atoms with Gasteiger partial charge >= 0.3 is 11.9 Å². The lowest BCUT2D eigenvalue weighted by Crippen LogP contribution is -2.13. The molecule has 6 aromatic rings. The molecule has 2 N–H and O–H groups in total. The molecule has 9 nitrogen and oxygen atoms in total. The van der Waals surface area contributed by atoms with Crippen LogP contribution in [-0.2, 0) is 6.42 Å². The number of carboxylic acids is 2. The number of nitrogens with zero attached hydrogens (tertiary/aromatic N) is 3. The fourth-order valence-electron chi connectivity index (χ4n) is 5.62. The van der Waals surface area contributed by atoms with E-state index in [2.05, 4.69) is 0 Å². The number of carboxylic acid groups (broad SMARTS) is 2. The van der Waals surface area contributed by atoms with Crippen molar-refractivity contribution in [2.45, 2.75) is 13.3 Å². The lowest BCUT2D eigenvalue weighted by molar-refractivity contribution is -0.384. The monoisotopic (exact) mass is 545 g/mol. The van der Waals surface area contributed by atoms with E-state index in [9.17, 15) is 29.9 Å². The Kier molecular flexibility index (Phi) is 6.11. The standard InChI is InChI=1S/C32H23N3O6/c1-19-13-14-21(33(19)29-18-22(35(40)41)15-16-25(29)31(36)37)17-20-7-6-12-28(30(20)32(38)39)34-26-10-4-2-8-23(26)24-9-3-5-11-27(24)34/h2-16,18H,17H2,1H3,(H,36,37)(H,38,39). The maximum atomic E-state index is 12.9. The number of non-ortho nitro benzene ring substituents is 1. The van der Waals surface area contributed by atoms with Crippen molar-refractivity contribution >= 4 is 39.4 Å². The Balaban J connectivity index is 1.56. The summed E-state index contributed by atoms with van der Waals surface area (Å²) >= 11 is 0. The molecule has 0 saturated heterocycles. The van der Waals surface area contributed by atoms with E-state index in [1.807, 2.05) is 53.1 Å². The van der Waals surface area contributed by atoms with Crippen LogP contribution in [0.3, 0.4) is 0 Å². The Labute approximate surface area is 233 Å². The molecule has 2 heterocycles. The number of nitro groups is 1. The molecule has 0 saturated carbocycles. The zero-order chi connectivity index (χ0) is 28.8. The molecular formula is C32H23N3O6. The van der Waals surface area contributed by atoms with E-state index in [4.69, 9.17) is 0 Å². The Hall–Kier alpha value is -5.70. The maximum Gasteiger partial charge on any atom is 0.338 e. The number of hydrogen-bond acceptors (Lipinski definition) is 4. The normalized spacial score (nSPS) is 11.2. The molecule has 0 radical (unpaired) electrons. The Morgan fingerprint density at radius 3 is 2.02 bits per heavy atom. The van der Waals surface area contributed by atoms with E-state index in [-0.39, 0.29) is 28.9 Å². The number of para-hydroxylation sites is 2. The molecule has 0 aliphatic heterocycles. The molecule has 0 atom stereocenters. The summed E-state index contributed by atoms with van der Waals surface area (Å²) in [7, 11) is 0. The van der Waals surface area contributed by atoms with Gasteiger partial charge in [-0.2, -0.15) is 0 Å². The van der Waals surface area contributed by atoms with Gasteiger partial charge in [0, 0.05) is 40.7 Å². The van der Waals surface area contributed by atoms with Crippen molar-refractivity contribution in [3.8, 4) is 11.4 Å². The van der Waals surface area contributed by atoms with Gasteiger partial charge in [-0.3, -0.25) is 10.1 Å². The second kappa shape index (κ2) is 9.80. The van der Waals surface area contributed by atoms with Crippen LogP contribution in [-0.4, -0.2) is 36.2 Å². The third-order valence-corrected chi connectivity index (χ3v) is 7.36. The smallest absolute Gasteiger partial charge is 0.338 e. The zero-order valence-corrected chi connectivity index (χ0v) is 21.8. The number of benzene rings is 4. The first-order valence-corrected chi connectivity index (χ1v) is 12.8. The van der Waals surface area contributed by atoms with Gasteiger partial charge in [-0.25, -0.2) is 9.59 Å². The number of rotatable bonds is 7. The summed E-state index contributed by atoms with van der Waals surface area (Å²) in [6.45, 7) is 1.76. The third-order valence-electron chi connectivity index (χ3n) is 7.36. The van der Waals surface area contributed by atoms with Crippen LogP contribution >= 0.6 is 0 Å². The van der Waals surface area contributed by atoms with Crippen molar-refractivity contribution < 1.29 is 24.7 Å². The topological polar surface area (TPSA) is 128 Å². The molecule has 0 spiro atoms. The van der Waals surface area contributed by atoms with Gasteiger partial charge in [0.15, 0.2) is 0 Å².